The zero-order chi connectivity index (χ0) is 15.9. The number of carbonyl (C=O) groups excluding carboxylic acids is 1. The van der Waals surface area contributed by atoms with E-state index in [-0.39, 0.29) is 11.9 Å². The van der Waals surface area contributed by atoms with Crippen LogP contribution in [0.5, 0.6) is 0 Å². The summed E-state index contributed by atoms with van der Waals surface area (Å²) in [6.07, 6.45) is 4.63. The molecule has 0 bridgehead atoms. The van der Waals surface area contributed by atoms with E-state index in [0.717, 1.165) is 24.9 Å². The summed E-state index contributed by atoms with van der Waals surface area (Å²) in [6, 6.07) is 7.85. The maximum atomic E-state index is 12.2. The number of aromatic nitrogens is 3. The first-order chi connectivity index (χ1) is 10.6. The van der Waals surface area contributed by atoms with Gasteiger partial charge in [0.1, 0.15) is 0 Å². The lowest BCUT2D eigenvalue weighted by molar-refractivity contribution is 0.0930. The van der Waals surface area contributed by atoms with E-state index >= 15 is 0 Å². The molecule has 22 heavy (non-hydrogen) atoms. The van der Waals surface area contributed by atoms with Gasteiger partial charge in [-0.25, -0.2) is 4.68 Å². The third kappa shape index (κ3) is 4.14. The molecule has 1 amide bonds. The average Bonchev–Trinajstić information content (AvgIpc) is 3.02. The van der Waals surface area contributed by atoms with Crippen molar-refractivity contribution in [3.05, 3.63) is 41.7 Å². The molecule has 1 atom stereocenters. The molecule has 0 saturated heterocycles. The highest BCUT2D eigenvalue weighted by atomic mass is 16.2. The van der Waals surface area contributed by atoms with E-state index in [1.165, 1.54) is 5.56 Å². The molecule has 1 heterocycles. The highest BCUT2D eigenvalue weighted by molar-refractivity contribution is 5.92. The maximum Gasteiger partial charge on any atom is 0.273 e. The number of amides is 1. The first-order valence-electron chi connectivity index (χ1n) is 7.64. The largest absolute Gasteiger partial charge is 0.347 e. The number of unbranched alkanes of at least 4 members (excludes halogenated alkanes) is 1. The minimum absolute atomic E-state index is 0.0167. The Morgan fingerprint density at radius 2 is 2.09 bits per heavy atom. The number of hydrogen-bond acceptors (Lipinski definition) is 4. The van der Waals surface area contributed by atoms with Gasteiger partial charge < -0.3 is 11.1 Å². The molecule has 1 unspecified atom stereocenters. The Labute approximate surface area is 130 Å². The van der Waals surface area contributed by atoms with Gasteiger partial charge in [0.2, 0.25) is 0 Å². The van der Waals surface area contributed by atoms with Crippen molar-refractivity contribution >= 4 is 5.91 Å². The molecule has 0 aliphatic heterocycles. The quantitative estimate of drug-likeness (QED) is 0.817. The van der Waals surface area contributed by atoms with Gasteiger partial charge in [-0.1, -0.05) is 42.7 Å². The molecule has 0 fully saturated rings. The normalized spacial score (nSPS) is 12.1. The molecule has 1 aromatic heterocycles. The van der Waals surface area contributed by atoms with E-state index < -0.39 is 0 Å². The second kappa shape index (κ2) is 7.70. The molecule has 6 heteroatoms. The van der Waals surface area contributed by atoms with Crippen molar-refractivity contribution in [1.82, 2.24) is 20.3 Å². The fraction of sp³-hybridized carbons (Fsp3) is 0.438. The Hall–Kier alpha value is -2.21. The van der Waals surface area contributed by atoms with Gasteiger partial charge in [0.25, 0.3) is 5.91 Å². The zero-order valence-electron chi connectivity index (χ0n) is 13.1. The van der Waals surface area contributed by atoms with E-state index in [0.29, 0.717) is 12.2 Å². The maximum absolute atomic E-state index is 12.2. The van der Waals surface area contributed by atoms with Crippen molar-refractivity contribution in [3.63, 3.8) is 0 Å². The Morgan fingerprint density at radius 3 is 2.73 bits per heavy atom. The van der Waals surface area contributed by atoms with Crippen LogP contribution in [0.4, 0.5) is 0 Å². The summed E-state index contributed by atoms with van der Waals surface area (Å²) in [5.41, 5.74) is 8.04. The fourth-order valence-electron chi connectivity index (χ4n) is 2.15. The Balaban J connectivity index is 2.03. The van der Waals surface area contributed by atoms with Gasteiger partial charge >= 0.3 is 0 Å². The van der Waals surface area contributed by atoms with Crippen molar-refractivity contribution in [2.24, 2.45) is 5.73 Å². The molecule has 0 saturated carbocycles. The molecule has 6 nitrogen and oxygen atoms in total. The van der Waals surface area contributed by atoms with Crippen LogP contribution < -0.4 is 11.1 Å². The molecule has 0 spiro atoms. The minimum atomic E-state index is -0.232. The summed E-state index contributed by atoms with van der Waals surface area (Å²) in [7, 11) is 0. The van der Waals surface area contributed by atoms with Crippen molar-refractivity contribution in [3.8, 4) is 5.69 Å². The monoisotopic (exact) mass is 301 g/mol. The Morgan fingerprint density at radius 1 is 1.36 bits per heavy atom. The summed E-state index contributed by atoms with van der Waals surface area (Å²) < 4.78 is 1.60. The van der Waals surface area contributed by atoms with Gasteiger partial charge in [-0.3, -0.25) is 4.79 Å². The molecule has 0 aliphatic rings. The number of nitrogens with zero attached hydrogens (tertiary/aromatic N) is 3. The Bertz CT molecular complexity index is 605. The summed E-state index contributed by atoms with van der Waals surface area (Å²) in [4.78, 5) is 12.2. The minimum Gasteiger partial charge on any atom is -0.347 e. The summed E-state index contributed by atoms with van der Waals surface area (Å²) >= 11 is 0. The topological polar surface area (TPSA) is 85.8 Å². The van der Waals surface area contributed by atoms with Gasteiger partial charge in [-0.05, 0) is 25.5 Å². The SMILES string of the molecule is CCCCC(CN)NC(=O)c1cn(-c2ccc(C)cc2)nn1. The highest BCUT2D eigenvalue weighted by Gasteiger charge is 2.15. The van der Waals surface area contributed by atoms with E-state index in [1.807, 2.05) is 31.2 Å². The predicted molar refractivity (Wildman–Crippen MR) is 85.9 cm³/mol. The van der Waals surface area contributed by atoms with Crippen LogP contribution in [-0.2, 0) is 0 Å². The van der Waals surface area contributed by atoms with Gasteiger partial charge in [0.05, 0.1) is 11.9 Å². The van der Waals surface area contributed by atoms with Crippen LogP contribution in [0.2, 0.25) is 0 Å². The smallest absolute Gasteiger partial charge is 0.273 e. The van der Waals surface area contributed by atoms with E-state index in [1.54, 1.807) is 10.9 Å². The lowest BCUT2D eigenvalue weighted by atomic mass is 10.1. The third-order valence-electron chi connectivity index (χ3n) is 3.55. The average molecular weight is 301 g/mol. The fourth-order valence-corrected chi connectivity index (χ4v) is 2.15. The number of benzene rings is 1. The van der Waals surface area contributed by atoms with E-state index in [4.69, 9.17) is 5.73 Å². The predicted octanol–water partition coefficient (Wildman–Crippen LogP) is 1.82. The lowest BCUT2D eigenvalue weighted by Crippen LogP contribution is -2.40. The van der Waals surface area contributed by atoms with Crippen molar-refractivity contribution in [1.29, 1.82) is 0 Å². The highest BCUT2D eigenvalue weighted by Crippen LogP contribution is 2.09. The third-order valence-corrected chi connectivity index (χ3v) is 3.55. The van der Waals surface area contributed by atoms with Gasteiger partial charge in [-0.15, -0.1) is 5.10 Å². The molecule has 0 aliphatic carbocycles. The van der Waals surface area contributed by atoms with Crippen LogP contribution in [0, 0.1) is 6.92 Å². The number of rotatable bonds is 7. The van der Waals surface area contributed by atoms with Crippen LogP contribution in [-0.4, -0.2) is 33.5 Å². The van der Waals surface area contributed by atoms with Crippen LogP contribution in [0.15, 0.2) is 30.5 Å². The molecule has 1 aromatic carbocycles. The standard InChI is InChI=1S/C16H23N5O/c1-3-4-5-13(10-17)18-16(22)15-11-21(20-19-15)14-8-6-12(2)7-9-14/h6-9,11,13H,3-5,10,17H2,1-2H3,(H,18,22). The van der Waals surface area contributed by atoms with Gasteiger partial charge in [0, 0.05) is 12.6 Å². The van der Waals surface area contributed by atoms with Crippen molar-refractivity contribution in [2.75, 3.05) is 6.54 Å². The first kappa shape index (κ1) is 16.2. The first-order valence-corrected chi connectivity index (χ1v) is 7.64. The second-order valence-electron chi connectivity index (χ2n) is 5.43. The van der Waals surface area contributed by atoms with Gasteiger partial charge in [0.15, 0.2) is 5.69 Å². The van der Waals surface area contributed by atoms with Crippen molar-refractivity contribution < 1.29 is 4.79 Å². The molecule has 2 aromatic rings. The summed E-state index contributed by atoms with van der Waals surface area (Å²) in [6.45, 7) is 4.56. The molecule has 2 rings (SSSR count). The van der Waals surface area contributed by atoms with E-state index in [2.05, 4.69) is 22.6 Å². The molecule has 3 N–H and O–H groups in total. The van der Waals surface area contributed by atoms with Crippen molar-refractivity contribution in [2.45, 2.75) is 39.2 Å². The van der Waals surface area contributed by atoms with Gasteiger partial charge in [-0.2, -0.15) is 0 Å². The number of nitrogens with two attached hydrogens (primary N) is 1. The molecule has 118 valence electrons. The Kier molecular flexibility index (Phi) is 5.66. The van der Waals surface area contributed by atoms with Crippen LogP contribution in [0.1, 0.15) is 42.2 Å². The van der Waals surface area contributed by atoms with Crippen LogP contribution >= 0.6 is 0 Å². The summed E-state index contributed by atoms with van der Waals surface area (Å²) in [5.74, 6) is -0.232. The van der Waals surface area contributed by atoms with Crippen LogP contribution in [0.3, 0.4) is 0 Å². The number of nitrogens with one attached hydrogen (secondary N) is 1. The van der Waals surface area contributed by atoms with Crippen LogP contribution in [0.25, 0.3) is 5.69 Å². The lowest BCUT2D eigenvalue weighted by Gasteiger charge is -2.15. The van der Waals surface area contributed by atoms with E-state index in [9.17, 15) is 4.79 Å². The zero-order valence-corrected chi connectivity index (χ0v) is 13.1. The molecular formula is C16H23N5O. The molecular weight excluding hydrogens is 278 g/mol. The number of aryl methyl sites for hydroxylation is 1. The molecule has 0 radical (unpaired) electrons. The number of carbonyl (C=O) groups is 1. The number of hydrogen-bond donors (Lipinski definition) is 2. The second-order valence-corrected chi connectivity index (χ2v) is 5.43. The summed E-state index contributed by atoms with van der Waals surface area (Å²) in [5, 5.41) is 10.9.